The van der Waals surface area contributed by atoms with Crippen molar-refractivity contribution in [3.8, 4) is 5.75 Å². The SMILES string of the molecule is CCOC(=O)C1=C(N2CCCC2)CC(c2ccc(OC)cc2)(C(F)(F)F)NC1=O. The second kappa shape index (κ2) is 7.96. The first-order valence-electron chi connectivity index (χ1n) is 9.42. The van der Waals surface area contributed by atoms with Gasteiger partial charge in [-0.15, -0.1) is 0 Å². The second-order valence-corrected chi connectivity index (χ2v) is 7.00. The molecular formula is C20H23F3N2O4. The molecule has 3 rings (SSSR count). The molecule has 1 aromatic rings. The Morgan fingerprint density at radius 2 is 1.83 bits per heavy atom. The molecule has 0 aromatic heterocycles. The molecule has 29 heavy (non-hydrogen) atoms. The van der Waals surface area contributed by atoms with E-state index in [1.807, 2.05) is 0 Å². The average Bonchev–Trinajstić information content (AvgIpc) is 3.21. The van der Waals surface area contributed by atoms with E-state index in [9.17, 15) is 22.8 Å². The predicted molar refractivity (Wildman–Crippen MR) is 98.0 cm³/mol. The van der Waals surface area contributed by atoms with Crippen molar-refractivity contribution in [1.82, 2.24) is 10.2 Å². The van der Waals surface area contributed by atoms with Crippen LogP contribution in [0.1, 0.15) is 31.7 Å². The summed E-state index contributed by atoms with van der Waals surface area (Å²) in [4.78, 5) is 26.9. The fraction of sp³-hybridized carbons (Fsp3) is 0.500. The van der Waals surface area contributed by atoms with Crippen molar-refractivity contribution >= 4 is 11.9 Å². The number of hydrogen-bond donors (Lipinski definition) is 1. The highest BCUT2D eigenvalue weighted by molar-refractivity contribution is 6.17. The van der Waals surface area contributed by atoms with E-state index in [1.54, 1.807) is 11.8 Å². The van der Waals surface area contributed by atoms with Crippen LogP contribution < -0.4 is 10.1 Å². The largest absolute Gasteiger partial charge is 0.497 e. The molecule has 1 unspecified atom stereocenters. The van der Waals surface area contributed by atoms with Crippen LogP contribution in [0.5, 0.6) is 5.75 Å². The van der Waals surface area contributed by atoms with Crippen molar-refractivity contribution in [1.29, 1.82) is 0 Å². The van der Waals surface area contributed by atoms with Gasteiger partial charge in [-0.1, -0.05) is 12.1 Å². The number of methoxy groups -OCH3 is 1. The highest BCUT2D eigenvalue weighted by atomic mass is 19.4. The quantitative estimate of drug-likeness (QED) is 0.595. The molecule has 0 bridgehead atoms. The zero-order chi connectivity index (χ0) is 21.2. The van der Waals surface area contributed by atoms with Crippen molar-refractivity contribution < 1.29 is 32.2 Å². The summed E-state index contributed by atoms with van der Waals surface area (Å²) in [6.07, 6.45) is -3.81. The molecule has 1 N–H and O–H groups in total. The van der Waals surface area contributed by atoms with Crippen LogP contribution in [0.15, 0.2) is 35.5 Å². The van der Waals surface area contributed by atoms with Gasteiger partial charge in [-0.25, -0.2) is 4.79 Å². The molecule has 1 amide bonds. The molecule has 1 saturated heterocycles. The van der Waals surface area contributed by atoms with Gasteiger partial charge in [0.05, 0.1) is 13.7 Å². The molecule has 0 aliphatic carbocycles. The number of likely N-dealkylation sites (tertiary alicyclic amines) is 1. The second-order valence-electron chi connectivity index (χ2n) is 7.00. The minimum Gasteiger partial charge on any atom is -0.497 e. The van der Waals surface area contributed by atoms with E-state index in [0.717, 1.165) is 12.8 Å². The number of esters is 1. The number of alkyl halides is 3. The van der Waals surface area contributed by atoms with Gasteiger partial charge in [0.25, 0.3) is 5.91 Å². The monoisotopic (exact) mass is 412 g/mol. The van der Waals surface area contributed by atoms with Gasteiger partial charge in [-0.05, 0) is 37.5 Å². The molecule has 0 saturated carbocycles. The lowest BCUT2D eigenvalue weighted by Gasteiger charge is -2.43. The zero-order valence-electron chi connectivity index (χ0n) is 16.3. The number of amides is 1. The summed E-state index contributed by atoms with van der Waals surface area (Å²) >= 11 is 0. The fourth-order valence-corrected chi connectivity index (χ4v) is 3.83. The molecule has 1 aromatic carbocycles. The number of benzene rings is 1. The van der Waals surface area contributed by atoms with Crippen LogP contribution in [0.25, 0.3) is 0 Å². The lowest BCUT2D eigenvalue weighted by atomic mass is 9.80. The predicted octanol–water partition coefficient (Wildman–Crippen LogP) is 2.89. The first-order valence-corrected chi connectivity index (χ1v) is 9.42. The standard InChI is InChI=1S/C20H23F3N2O4/c1-3-29-18(27)16-15(25-10-4-5-11-25)12-19(20(21,22)23,24-17(16)26)13-6-8-14(28-2)9-7-13/h6-9H,3-5,10-12H2,1-2H3,(H,24,26). The van der Waals surface area contributed by atoms with Crippen LogP contribution in [0.3, 0.4) is 0 Å². The van der Waals surface area contributed by atoms with E-state index < -0.39 is 30.0 Å². The molecule has 0 radical (unpaired) electrons. The number of nitrogens with zero attached hydrogens (tertiary/aromatic N) is 1. The van der Waals surface area contributed by atoms with Crippen LogP contribution in [0.2, 0.25) is 0 Å². The van der Waals surface area contributed by atoms with Gasteiger partial charge >= 0.3 is 12.1 Å². The van der Waals surface area contributed by atoms with Crippen LogP contribution in [0, 0.1) is 0 Å². The lowest BCUT2D eigenvalue weighted by molar-refractivity contribution is -0.205. The molecule has 2 aliphatic rings. The normalized spacial score (nSPS) is 22.5. The first kappa shape index (κ1) is 21.0. The van der Waals surface area contributed by atoms with Crippen LogP contribution >= 0.6 is 0 Å². The molecule has 9 heteroatoms. The van der Waals surface area contributed by atoms with E-state index in [0.29, 0.717) is 18.8 Å². The number of hydrogen-bond acceptors (Lipinski definition) is 5. The highest BCUT2D eigenvalue weighted by Crippen LogP contribution is 2.47. The molecule has 6 nitrogen and oxygen atoms in total. The average molecular weight is 412 g/mol. The van der Waals surface area contributed by atoms with Crippen molar-refractivity contribution in [2.45, 2.75) is 37.9 Å². The van der Waals surface area contributed by atoms with E-state index in [1.165, 1.54) is 31.4 Å². The maximum Gasteiger partial charge on any atom is 0.416 e. The van der Waals surface area contributed by atoms with Gasteiger partial charge in [0.15, 0.2) is 5.54 Å². The maximum absolute atomic E-state index is 14.4. The number of nitrogens with one attached hydrogen (secondary N) is 1. The van der Waals surface area contributed by atoms with Gasteiger partial charge in [-0.2, -0.15) is 13.2 Å². The Morgan fingerprint density at radius 3 is 2.34 bits per heavy atom. The van der Waals surface area contributed by atoms with Gasteiger partial charge in [-0.3, -0.25) is 4.79 Å². The van der Waals surface area contributed by atoms with Crippen molar-refractivity contribution in [3.63, 3.8) is 0 Å². The van der Waals surface area contributed by atoms with Gasteiger partial charge in [0, 0.05) is 25.2 Å². The third kappa shape index (κ3) is 3.77. The van der Waals surface area contributed by atoms with Crippen molar-refractivity contribution in [2.75, 3.05) is 26.8 Å². The zero-order valence-corrected chi connectivity index (χ0v) is 16.3. The van der Waals surface area contributed by atoms with E-state index >= 15 is 0 Å². The minimum atomic E-state index is -4.79. The molecule has 2 heterocycles. The smallest absolute Gasteiger partial charge is 0.416 e. The van der Waals surface area contributed by atoms with Crippen molar-refractivity contribution in [3.05, 3.63) is 41.1 Å². The van der Waals surface area contributed by atoms with Crippen molar-refractivity contribution in [2.24, 2.45) is 0 Å². The Hall–Kier alpha value is -2.71. The van der Waals surface area contributed by atoms with Crippen LogP contribution in [-0.4, -0.2) is 49.8 Å². The van der Waals surface area contributed by atoms with Gasteiger partial charge < -0.3 is 19.7 Å². The summed E-state index contributed by atoms with van der Waals surface area (Å²) in [5.41, 5.74) is -3.04. The summed E-state index contributed by atoms with van der Waals surface area (Å²) in [6.45, 7) is 2.57. The van der Waals surface area contributed by atoms with E-state index in [-0.39, 0.29) is 23.4 Å². The highest BCUT2D eigenvalue weighted by Gasteiger charge is 2.60. The maximum atomic E-state index is 14.4. The third-order valence-electron chi connectivity index (χ3n) is 5.31. The summed E-state index contributed by atoms with van der Waals surface area (Å²) in [6, 6.07) is 5.39. The third-order valence-corrected chi connectivity index (χ3v) is 5.31. The Morgan fingerprint density at radius 1 is 1.21 bits per heavy atom. The molecule has 2 aliphatic heterocycles. The number of halogens is 3. The topological polar surface area (TPSA) is 67.9 Å². The summed E-state index contributed by atoms with van der Waals surface area (Å²) < 4.78 is 53.1. The minimum absolute atomic E-state index is 0.0196. The molecule has 1 atom stereocenters. The Balaban J connectivity index is 2.14. The van der Waals surface area contributed by atoms with Crippen LogP contribution in [-0.2, 0) is 19.9 Å². The molecule has 158 valence electrons. The van der Waals surface area contributed by atoms with E-state index in [2.05, 4.69) is 5.32 Å². The lowest BCUT2D eigenvalue weighted by Crippen LogP contribution is -2.60. The molecular weight excluding hydrogens is 389 g/mol. The number of ether oxygens (including phenoxy) is 2. The van der Waals surface area contributed by atoms with Crippen LogP contribution in [0.4, 0.5) is 13.2 Å². The molecule has 1 fully saturated rings. The Labute approximate surface area is 166 Å². The van der Waals surface area contributed by atoms with E-state index in [4.69, 9.17) is 9.47 Å². The number of carbonyl (C=O) groups excluding carboxylic acids is 2. The summed E-state index contributed by atoms with van der Waals surface area (Å²) in [5, 5.41) is 2.08. The number of carbonyl (C=O) groups is 2. The first-order chi connectivity index (χ1) is 13.7. The summed E-state index contributed by atoms with van der Waals surface area (Å²) in [7, 11) is 1.41. The Kier molecular flexibility index (Phi) is 5.77. The van der Waals surface area contributed by atoms with Gasteiger partial charge in [0.1, 0.15) is 11.3 Å². The molecule has 0 spiro atoms. The fourth-order valence-electron chi connectivity index (χ4n) is 3.83. The number of rotatable bonds is 5. The summed E-state index contributed by atoms with van der Waals surface area (Å²) in [5.74, 6) is -1.59. The Bertz CT molecular complexity index is 814. The van der Waals surface area contributed by atoms with Gasteiger partial charge in [0.2, 0.25) is 0 Å².